The van der Waals surface area contributed by atoms with Gasteiger partial charge in [-0.05, 0) is 31.1 Å². The van der Waals surface area contributed by atoms with E-state index in [0.29, 0.717) is 28.3 Å². The monoisotopic (exact) mass is 416 g/mol. The van der Waals surface area contributed by atoms with Crippen molar-refractivity contribution in [3.63, 3.8) is 0 Å². The SMILES string of the molecule is COc1cc2c(cc1OC)N(C)S(=O)(=O)C(C(=O)NCc1cccc(C)c1)=C2C. The van der Waals surface area contributed by atoms with E-state index in [2.05, 4.69) is 5.32 Å². The lowest BCUT2D eigenvalue weighted by Crippen LogP contribution is -2.38. The van der Waals surface area contributed by atoms with Crippen molar-refractivity contribution in [2.24, 2.45) is 0 Å². The van der Waals surface area contributed by atoms with Gasteiger partial charge < -0.3 is 14.8 Å². The lowest BCUT2D eigenvalue weighted by molar-refractivity contribution is -0.117. The molecule has 1 N–H and O–H groups in total. The highest BCUT2D eigenvalue weighted by atomic mass is 32.2. The molecule has 0 aromatic heterocycles. The first-order valence-electron chi connectivity index (χ1n) is 9.00. The van der Waals surface area contributed by atoms with E-state index in [0.717, 1.165) is 15.4 Å². The van der Waals surface area contributed by atoms with Gasteiger partial charge in [-0.15, -0.1) is 0 Å². The number of fused-ring (bicyclic) bond motifs is 1. The molecule has 1 aliphatic rings. The Morgan fingerprint density at radius 1 is 1.07 bits per heavy atom. The van der Waals surface area contributed by atoms with E-state index < -0.39 is 15.9 Å². The molecule has 2 aromatic carbocycles. The van der Waals surface area contributed by atoms with Crippen LogP contribution in [-0.4, -0.2) is 35.6 Å². The average Bonchev–Trinajstić information content (AvgIpc) is 2.69. The normalized spacial score (nSPS) is 15.0. The van der Waals surface area contributed by atoms with Crippen LogP contribution in [0.1, 0.15) is 23.6 Å². The van der Waals surface area contributed by atoms with Crippen molar-refractivity contribution in [1.82, 2.24) is 5.32 Å². The quantitative estimate of drug-likeness (QED) is 0.810. The minimum Gasteiger partial charge on any atom is -0.493 e. The highest BCUT2D eigenvalue weighted by molar-refractivity contribution is 7.97. The van der Waals surface area contributed by atoms with Gasteiger partial charge in [0.25, 0.3) is 15.9 Å². The Labute approximate surface area is 171 Å². The number of sulfonamides is 1. The summed E-state index contributed by atoms with van der Waals surface area (Å²) in [7, 11) is 0.383. The maximum Gasteiger partial charge on any atom is 0.269 e. The van der Waals surface area contributed by atoms with Crippen LogP contribution in [0.4, 0.5) is 5.69 Å². The van der Waals surface area contributed by atoms with E-state index >= 15 is 0 Å². The number of amides is 1. The largest absolute Gasteiger partial charge is 0.493 e. The molecule has 1 heterocycles. The van der Waals surface area contributed by atoms with Crippen LogP contribution in [0.25, 0.3) is 5.57 Å². The second-order valence-corrected chi connectivity index (χ2v) is 8.73. The van der Waals surface area contributed by atoms with Gasteiger partial charge in [0, 0.05) is 25.2 Å². The lowest BCUT2D eigenvalue weighted by atomic mass is 10.0. The van der Waals surface area contributed by atoms with Crippen molar-refractivity contribution in [2.75, 3.05) is 25.6 Å². The predicted octanol–water partition coefficient (Wildman–Crippen LogP) is 2.84. The average molecular weight is 416 g/mol. The van der Waals surface area contributed by atoms with Crippen LogP contribution >= 0.6 is 0 Å². The maximum absolute atomic E-state index is 13.1. The number of nitrogens with one attached hydrogen (secondary N) is 1. The number of anilines is 1. The van der Waals surface area contributed by atoms with E-state index in [1.807, 2.05) is 31.2 Å². The molecule has 3 rings (SSSR count). The number of ether oxygens (including phenoxy) is 2. The van der Waals surface area contributed by atoms with Gasteiger partial charge in [-0.3, -0.25) is 9.10 Å². The first-order valence-corrected chi connectivity index (χ1v) is 10.4. The minimum atomic E-state index is -4.02. The molecule has 0 aliphatic carbocycles. The number of rotatable bonds is 5. The van der Waals surface area contributed by atoms with Crippen LogP contribution in [0.15, 0.2) is 41.3 Å². The van der Waals surface area contributed by atoms with E-state index in [1.54, 1.807) is 19.1 Å². The number of nitrogens with zero attached hydrogens (tertiary/aromatic N) is 1. The molecule has 0 saturated heterocycles. The Balaban J connectivity index is 2.04. The van der Waals surface area contributed by atoms with Crippen molar-refractivity contribution in [2.45, 2.75) is 20.4 Å². The summed E-state index contributed by atoms with van der Waals surface area (Å²) in [5.74, 6) is 0.225. The van der Waals surface area contributed by atoms with Gasteiger partial charge in [-0.25, -0.2) is 8.42 Å². The molecule has 0 bridgehead atoms. The van der Waals surface area contributed by atoms with Crippen LogP contribution in [-0.2, 0) is 21.4 Å². The van der Waals surface area contributed by atoms with Gasteiger partial charge >= 0.3 is 0 Å². The van der Waals surface area contributed by atoms with Crippen LogP contribution in [0.3, 0.4) is 0 Å². The molecule has 1 amide bonds. The van der Waals surface area contributed by atoms with Gasteiger partial charge in [0.15, 0.2) is 16.4 Å². The summed E-state index contributed by atoms with van der Waals surface area (Å²) in [6.07, 6.45) is 0. The summed E-state index contributed by atoms with van der Waals surface area (Å²) in [5, 5.41) is 2.73. The summed E-state index contributed by atoms with van der Waals surface area (Å²) in [4.78, 5) is 12.6. The number of benzene rings is 2. The minimum absolute atomic E-state index is 0.231. The first-order chi connectivity index (χ1) is 13.7. The summed E-state index contributed by atoms with van der Waals surface area (Å²) in [6.45, 7) is 3.81. The number of hydrogen-bond donors (Lipinski definition) is 1. The van der Waals surface area contributed by atoms with Gasteiger partial charge in [0.2, 0.25) is 0 Å². The Morgan fingerprint density at radius 2 is 1.72 bits per heavy atom. The highest BCUT2D eigenvalue weighted by Crippen LogP contribution is 2.44. The Bertz CT molecular complexity index is 1110. The summed E-state index contributed by atoms with van der Waals surface area (Å²) >= 11 is 0. The Kier molecular flexibility index (Phi) is 5.57. The molecule has 2 aromatic rings. The molecular formula is C21H24N2O5S. The van der Waals surface area contributed by atoms with Crippen LogP contribution in [0, 0.1) is 6.92 Å². The Morgan fingerprint density at radius 3 is 2.34 bits per heavy atom. The molecule has 0 saturated carbocycles. The summed E-state index contributed by atoms with van der Waals surface area (Å²) in [6, 6.07) is 10.9. The van der Waals surface area contributed by atoms with E-state index in [1.165, 1.54) is 21.3 Å². The fourth-order valence-electron chi connectivity index (χ4n) is 3.38. The zero-order chi connectivity index (χ0) is 21.3. The molecule has 0 unspecified atom stereocenters. The third-order valence-electron chi connectivity index (χ3n) is 4.95. The topological polar surface area (TPSA) is 84.9 Å². The van der Waals surface area contributed by atoms with Crippen LogP contribution < -0.4 is 19.1 Å². The molecule has 1 aliphatic heterocycles. The third-order valence-corrected chi connectivity index (χ3v) is 6.87. The molecule has 0 radical (unpaired) electrons. The van der Waals surface area contributed by atoms with Crippen molar-refractivity contribution in [3.05, 3.63) is 58.0 Å². The summed E-state index contributed by atoms with van der Waals surface area (Å²) < 4.78 is 37.9. The standard InChI is InChI=1S/C21H24N2O5S/c1-13-7-6-8-15(9-13)12-22-21(24)20-14(2)16-10-18(27-4)19(28-5)11-17(16)23(3)29(20,25)26/h6-11H,12H2,1-5H3,(H,22,24). The van der Waals surface area contributed by atoms with Gasteiger partial charge in [0.05, 0.1) is 19.9 Å². The Hall–Kier alpha value is -3.00. The van der Waals surface area contributed by atoms with Gasteiger partial charge in [-0.2, -0.15) is 0 Å². The summed E-state index contributed by atoms with van der Waals surface area (Å²) in [5.41, 5.74) is 3.34. The van der Waals surface area contributed by atoms with Crippen molar-refractivity contribution < 1.29 is 22.7 Å². The van der Waals surface area contributed by atoms with Crippen molar-refractivity contribution in [3.8, 4) is 11.5 Å². The smallest absolute Gasteiger partial charge is 0.269 e. The van der Waals surface area contributed by atoms with Gasteiger partial charge in [0.1, 0.15) is 0 Å². The fraction of sp³-hybridized carbons (Fsp3) is 0.286. The lowest BCUT2D eigenvalue weighted by Gasteiger charge is -2.30. The van der Waals surface area contributed by atoms with Crippen molar-refractivity contribution >= 4 is 27.2 Å². The number of carbonyl (C=O) groups excluding carboxylic acids is 1. The van der Waals surface area contributed by atoms with E-state index in [-0.39, 0.29) is 11.4 Å². The zero-order valence-corrected chi connectivity index (χ0v) is 17.9. The molecule has 7 nitrogen and oxygen atoms in total. The molecule has 154 valence electrons. The number of hydrogen-bond acceptors (Lipinski definition) is 5. The molecule has 29 heavy (non-hydrogen) atoms. The molecule has 0 fully saturated rings. The molecule has 0 spiro atoms. The highest BCUT2D eigenvalue weighted by Gasteiger charge is 2.38. The maximum atomic E-state index is 13.1. The molecule has 8 heteroatoms. The van der Waals surface area contributed by atoms with Crippen molar-refractivity contribution in [1.29, 1.82) is 0 Å². The van der Waals surface area contributed by atoms with Crippen LogP contribution in [0.5, 0.6) is 11.5 Å². The zero-order valence-electron chi connectivity index (χ0n) is 17.1. The molecule has 0 atom stereocenters. The first kappa shape index (κ1) is 20.7. The fourth-order valence-corrected chi connectivity index (χ4v) is 4.87. The number of carbonyl (C=O) groups is 1. The van der Waals surface area contributed by atoms with Crippen LogP contribution in [0.2, 0.25) is 0 Å². The number of aryl methyl sites for hydroxylation is 1. The second kappa shape index (κ2) is 7.79. The number of allylic oxidation sites excluding steroid dienone is 1. The van der Waals surface area contributed by atoms with Gasteiger partial charge in [-0.1, -0.05) is 29.8 Å². The molecular weight excluding hydrogens is 392 g/mol. The van der Waals surface area contributed by atoms with E-state index in [4.69, 9.17) is 9.47 Å². The predicted molar refractivity (Wildman–Crippen MR) is 112 cm³/mol. The second-order valence-electron chi connectivity index (χ2n) is 6.82. The number of methoxy groups -OCH3 is 2. The third kappa shape index (κ3) is 3.67. The van der Waals surface area contributed by atoms with E-state index in [9.17, 15) is 13.2 Å².